The molecule has 1 aromatic carbocycles. The molecule has 0 aliphatic heterocycles. The average molecular weight is 259 g/mol. The van der Waals surface area contributed by atoms with E-state index in [2.05, 4.69) is 0 Å². The Morgan fingerprint density at radius 3 is 2.65 bits per heavy atom. The van der Waals surface area contributed by atoms with E-state index in [0.29, 0.717) is 17.3 Å². The van der Waals surface area contributed by atoms with Crippen LogP contribution in [0.4, 0.5) is 11.4 Å². The van der Waals surface area contributed by atoms with Crippen molar-refractivity contribution in [2.24, 2.45) is 0 Å². The number of hydrogen-bond acceptors (Lipinski definition) is 4. The molecule has 5 nitrogen and oxygen atoms in total. The molecule has 1 N–H and O–H groups in total. The maximum Gasteiger partial charge on any atom is 0.294 e. The molecule has 0 amide bonds. The second kappa shape index (κ2) is 5.84. The maximum absolute atomic E-state index is 11.0. The molecule has 0 aromatic heterocycles. The Bertz CT molecular complexity index is 410. The molecule has 0 saturated heterocycles. The normalized spacial score (nSPS) is 10.6. The van der Waals surface area contributed by atoms with E-state index < -0.39 is 4.92 Å². The van der Waals surface area contributed by atoms with Crippen molar-refractivity contribution in [1.29, 1.82) is 0 Å². The second-order valence-corrected chi connectivity index (χ2v) is 4.34. The van der Waals surface area contributed by atoms with Gasteiger partial charge in [-0.1, -0.05) is 11.6 Å². The van der Waals surface area contributed by atoms with E-state index in [-0.39, 0.29) is 18.3 Å². The van der Waals surface area contributed by atoms with Gasteiger partial charge >= 0.3 is 0 Å². The molecule has 0 heterocycles. The van der Waals surface area contributed by atoms with Gasteiger partial charge in [-0.25, -0.2) is 0 Å². The van der Waals surface area contributed by atoms with Crippen molar-refractivity contribution in [2.75, 3.05) is 18.1 Å². The lowest BCUT2D eigenvalue weighted by Crippen LogP contribution is -2.33. The first-order valence-corrected chi connectivity index (χ1v) is 5.66. The molecular weight excluding hydrogens is 244 g/mol. The van der Waals surface area contributed by atoms with E-state index in [9.17, 15) is 10.1 Å². The zero-order valence-electron chi connectivity index (χ0n) is 9.76. The quantitative estimate of drug-likeness (QED) is 0.651. The average Bonchev–Trinajstić information content (AvgIpc) is 2.26. The van der Waals surface area contributed by atoms with Crippen LogP contribution in [0.3, 0.4) is 0 Å². The Hall–Kier alpha value is -1.33. The molecule has 0 bridgehead atoms. The number of nitrogens with zero attached hydrogens (tertiary/aromatic N) is 2. The van der Waals surface area contributed by atoms with Crippen LogP contribution in [0.15, 0.2) is 18.2 Å². The van der Waals surface area contributed by atoms with Crippen LogP contribution in [0.5, 0.6) is 0 Å². The number of nitro benzene ring substituents is 1. The number of rotatable bonds is 5. The summed E-state index contributed by atoms with van der Waals surface area (Å²) < 4.78 is 0. The highest BCUT2D eigenvalue weighted by Crippen LogP contribution is 2.31. The molecule has 0 aliphatic rings. The number of benzene rings is 1. The molecule has 94 valence electrons. The lowest BCUT2D eigenvalue weighted by atomic mass is 10.2. The van der Waals surface area contributed by atoms with Gasteiger partial charge in [0.05, 0.1) is 11.5 Å². The summed E-state index contributed by atoms with van der Waals surface area (Å²) in [7, 11) is 0. The number of nitro groups is 1. The predicted molar refractivity (Wildman–Crippen MR) is 67.7 cm³/mol. The minimum absolute atomic E-state index is 0.0420. The van der Waals surface area contributed by atoms with Crippen LogP contribution < -0.4 is 4.90 Å². The van der Waals surface area contributed by atoms with Crippen LogP contribution in [0, 0.1) is 10.1 Å². The van der Waals surface area contributed by atoms with E-state index in [1.54, 1.807) is 17.0 Å². The third-order valence-electron chi connectivity index (χ3n) is 2.41. The van der Waals surface area contributed by atoms with Crippen LogP contribution in [0.25, 0.3) is 0 Å². The van der Waals surface area contributed by atoms with E-state index >= 15 is 0 Å². The number of aliphatic hydroxyl groups excluding tert-OH is 1. The molecule has 0 radical (unpaired) electrons. The molecule has 0 saturated carbocycles. The lowest BCUT2D eigenvalue weighted by Gasteiger charge is -2.27. The fourth-order valence-corrected chi connectivity index (χ4v) is 1.82. The third kappa shape index (κ3) is 3.31. The fourth-order valence-electron chi connectivity index (χ4n) is 1.65. The summed E-state index contributed by atoms with van der Waals surface area (Å²) in [5.74, 6) is 0. The van der Waals surface area contributed by atoms with Crippen molar-refractivity contribution in [2.45, 2.75) is 19.9 Å². The van der Waals surface area contributed by atoms with E-state index in [4.69, 9.17) is 16.7 Å². The van der Waals surface area contributed by atoms with Crippen LogP contribution in [0.1, 0.15) is 13.8 Å². The van der Waals surface area contributed by atoms with Crippen molar-refractivity contribution in [1.82, 2.24) is 0 Å². The monoisotopic (exact) mass is 258 g/mol. The molecule has 0 spiro atoms. The summed E-state index contributed by atoms with van der Waals surface area (Å²) in [6.45, 7) is 4.11. The first kappa shape index (κ1) is 13.7. The highest BCUT2D eigenvalue weighted by Gasteiger charge is 2.21. The SMILES string of the molecule is CC(C)N(CCO)c1ccc(Cl)cc1[N+](=O)[O-]. The topological polar surface area (TPSA) is 66.6 Å². The van der Waals surface area contributed by atoms with Crippen LogP contribution >= 0.6 is 11.6 Å². The second-order valence-electron chi connectivity index (χ2n) is 3.90. The van der Waals surface area contributed by atoms with Gasteiger partial charge in [0.1, 0.15) is 5.69 Å². The largest absolute Gasteiger partial charge is 0.395 e. The Balaban J connectivity index is 3.22. The van der Waals surface area contributed by atoms with Crippen molar-refractivity contribution in [3.8, 4) is 0 Å². The van der Waals surface area contributed by atoms with Gasteiger partial charge in [0, 0.05) is 23.7 Å². The molecule has 1 rings (SSSR count). The standard InChI is InChI=1S/C11H15ClN2O3/c1-8(2)13(5-6-15)10-4-3-9(12)7-11(10)14(16)17/h3-4,7-8,15H,5-6H2,1-2H3. The Kier molecular flexibility index (Phi) is 4.72. The summed E-state index contributed by atoms with van der Waals surface area (Å²) in [5, 5.41) is 20.3. The maximum atomic E-state index is 11.0. The molecule has 1 aromatic rings. The minimum atomic E-state index is -0.464. The highest BCUT2D eigenvalue weighted by atomic mass is 35.5. The lowest BCUT2D eigenvalue weighted by molar-refractivity contribution is -0.384. The van der Waals surface area contributed by atoms with Gasteiger partial charge in [0.25, 0.3) is 5.69 Å². The Labute approximate surface area is 105 Å². The molecule has 6 heteroatoms. The summed E-state index contributed by atoms with van der Waals surface area (Å²) in [6.07, 6.45) is 0. The van der Waals surface area contributed by atoms with Crippen LogP contribution in [-0.4, -0.2) is 29.2 Å². The molecule has 0 aliphatic carbocycles. The van der Waals surface area contributed by atoms with Crippen molar-refractivity contribution < 1.29 is 10.0 Å². The van der Waals surface area contributed by atoms with Crippen molar-refractivity contribution >= 4 is 23.0 Å². The Morgan fingerprint density at radius 1 is 1.53 bits per heavy atom. The van der Waals surface area contributed by atoms with Gasteiger partial charge < -0.3 is 10.0 Å². The predicted octanol–water partition coefficient (Wildman–Crippen LogP) is 2.46. The van der Waals surface area contributed by atoms with Crippen molar-refractivity contribution in [3.63, 3.8) is 0 Å². The molecular formula is C11H15ClN2O3. The number of hydrogen-bond donors (Lipinski definition) is 1. The van der Waals surface area contributed by atoms with E-state index in [1.807, 2.05) is 13.8 Å². The fraction of sp³-hybridized carbons (Fsp3) is 0.455. The first-order valence-electron chi connectivity index (χ1n) is 5.28. The Morgan fingerprint density at radius 2 is 2.18 bits per heavy atom. The first-order chi connectivity index (χ1) is 7.97. The molecule has 0 atom stereocenters. The zero-order chi connectivity index (χ0) is 13.0. The van der Waals surface area contributed by atoms with E-state index in [0.717, 1.165) is 0 Å². The summed E-state index contributed by atoms with van der Waals surface area (Å²) in [4.78, 5) is 12.3. The third-order valence-corrected chi connectivity index (χ3v) is 2.64. The summed E-state index contributed by atoms with van der Waals surface area (Å²) >= 11 is 5.75. The molecule has 0 unspecified atom stereocenters. The number of aliphatic hydroxyl groups is 1. The molecule has 0 fully saturated rings. The summed E-state index contributed by atoms with van der Waals surface area (Å²) in [5.41, 5.74) is 0.433. The van der Waals surface area contributed by atoms with Gasteiger partial charge in [0.15, 0.2) is 0 Å². The van der Waals surface area contributed by atoms with Crippen LogP contribution in [-0.2, 0) is 0 Å². The minimum Gasteiger partial charge on any atom is -0.395 e. The van der Waals surface area contributed by atoms with E-state index in [1.165, 1.54) is 6.07 Å². The highest BCUT2D eigenvalue weighted by molar-refractivity contribution is 6.30. The molecule has 17 heavy (non-hydrogen) atoms. The van der Waals surface area contributed by atoms with Crippen molar-refractivity contribution in [3.05, 3.63) is 33.3 Å². The van der Waals surface area contributed by atoms with Gasteiger partial charge in [-0.15, -0.1) is 0 Å². The van der Waals surface area contributed by atoms with Gasteiger partial charge in [-0.2, -0.15) is 0 Å². The van der Waals surface area contributed by atoms with Gasteiger partial charge in [-0.3, -0.25) is 10.1 Å². The summed E-state index contributed by atoms with van der Waals surface area (Å²) in [6, 6.07) is 4.60. The smallest absolute Gasteiger partial charge is 0.294 e. The number of anilines is 1. The number of halogens is 1. The van der Waals surface area contributed by atoms with Gasteiger partial charge in [-0.05, 0) is 26.0 Å². The van der Waals surface area contributed by atoms with Crippen LogP contribution in [0.2, 0.25) is 5.02 Å². The van der Waals surface area contributed by atoms with Gasteiger partial charge in [0.2, 0.25) is 0 Å². The zero-order valence-corrected chi connectivity index (χ0v) is 10.5.